The van der Waals surface area contributed by atoms with Crippen LogP contribution in [0.15, 0.2) is 30.3 Å². The molecule has 15 heavy (non-hydrogen) atoms. The van der Waals surface area contributed by atoms with E-state index in [4.69, 9.17) is 4.74 Å². The predicted molar refractivity (Wildman–Crippen MR) is 55.1 cm³/mol. The molecular weight excluding hydrogens is 192 g/mol. The van der Waals surface area contributed by atoms with Gasteiger partial charge in [0.05, 0.1) is 0 Å². The van der Waals surface area contributed by atoms with Crippen LogP contribution in [0.4, 0.5) is 0 Å². The van der Waals surface area contributed by atoms with Crippen molar-refractivity contribution >= 4 is 5.97 Å². The van der Waals surface area contributed by atoms with Crippen molar-refractivity contribution in [3.05, 3.63) is 35.9 Å². The molecule has 0 spiro atoms. The minimum absolute atomic E-state index is 0.360. The minimum Gasteiger partial charge on any atom is -0.455 e. The lowest BCUT2D eigenvalue weighted by Crippen LogP contribution is -2.30. The molecule has 2 rings (SSSR count). The highest BCUT2D eigenvalue weighted by Crippen LogP contribution is 2.45. The summed E-state index contributed by atoms with van der Waals surface area (Å²) in [6.07, 6.45) is -1.40. The first-order valence-electron chi connectivity index (χ1n) is 4.97. The molecule has 1 saturated heterocycles. The highest BCUT2D eigenvalue weighted by atomic mass is 16.6. The van der Waals surface area contributed by atoms with E-state index in [1.807, 2.05) is 44.2 Å². The summed E-state index contributed by atoms with van der Waals surface area (Å²) in [6.45, 7) is 3.67. The van der Waals surface area contributed by atoms with Crippen molar-refractivity contribution in [2.45, 2.75) is 26.1 Å². The second-order valence-corrected chi connectivity index (χ2v) is 4.45. The molecule has 0 bridgehead atoms. The maximum atomic E-state index is 11.3. The Kier molecular flexibility index (Phi) is 2.27. The van der Waals surface area contributed by atoms with E-state index >= 15 is 0 Å². The summed E-state index contributed by atoms with van der Waals surface area (Å²) in [6, 6.07) is 9.49. The Labute approximate surface area is 88.7 Å². The first-order valence-corrected chi connectivity index (χ1v) is 4.97. The van der Waals surface area contributed by atoms with Gasteiger partial charge in [0.15, 0.2) is 6.10 Å². The molecule has 0 radical (unpaired) electrons. The number of cyclic esters (lactones) is 1. The van der Waals surface area contributed by atoms with Crippen molar-refractivity contribution in [2.24, 2.45) is 5.41 Å². The van der Waals surface area contributed by atoms with E-state index < -0.39 is 17.5 Å². The van der Waals surface area contributed by atoms with Gasteiger partial charge < -0.3 is 9.84 Å². The van der Waals surface area contributed by atoms with Gasteiger partial charge in [0.25, 0.3) is 0 Å². The Hall–Kier alpha value is -1.35. The molecule has 1 fully saturated rings. The van der Waals surface area contributed by atoms with E-state index in [9.17, 15) is 9.90 Å². The van der Waals surface area contributed by atoms with Gasteiger partial charge in [0.2, 0.25) is 0 Å². The number of carbonyl (C=O) groups is 1. The van der Waals surface area contributed by atoms with Crippen LogP contribution in [0.2, 0.25) is 0 Å². The summed E-state index contributed by atoms with van der Waals surface area (Å²) in [5.74, 6) is -0.533. The van der Waals surface area contributed by atoms with Crippen LogP contribution in [0.3, 0.4) is 0 Å². The van der Waals surface area contributed by atoms with Gasteiger partial charge in [-0.15, -0.1) is 0 Å². The molecule has 0 aliphatic carbocycles. The number of aliphatic hydroxyl groups excluding tert-OH is 1. The average molecular weight is 206 g/mol. The number of hydrogen-bond donors (Lipinski definition) is 1. The molecule has 1 heterocycles. The summed E-state index contributed by atoms with van der Waals surface area (Å²) in [5.41, 5.74) is 0.353. The summed E-state index contributed by atoms with van der Waals surface area (Å²) in [7, 11) is 0. The van der Waals surface area contributed by atoms with E-state index in [1.54, 1.807) is 0 Å². The van der Waals surface area contributed by atoms with Crippen LogP contribution in [0.1, 0.15) is 25.5 Å². The number of ether oxygens (including phenoxy) is 1. The minimum atomic E-state index is -1.04. The molecule has 2 atom stereocenters. The lowest BCUT2D eigenvalue weighted by Gasteiger charge is -2.25. The van der Waals surface area contributed by atoms with Gasteiger partial charge in [0.1, 0.15) is 6.10 Å². The standard InChI is InChI=1S/C12H14O3/c1-12(2)9(13)11(14)15-10(12)8-6-4-3-5-7-8/h3-7,9-10,13H,1-2H3/t9-,10-/m1/s1. The van der Waals surface area contributed by atoms with Crippen molar-refractivity contribution in [1.82, 2.24) is 0 Å². The maximum absolute atomic E-state index is 11.3. The summed E-state index contributed by atoms with van der Waals surface area (Å²) >= 11 is 0. The molecular formula is C12H14O3. The molecule has 3 nitrogen and oxygen atoms in total. The number of esters is 1. The fourth-order valence-electron chi connectivity index (χ4n) is 1.91. The lowest BCUT2D eigenvalue weighted by atomic mass is 9.80. The summed E-state index contributed by atoms with van der Waals surface area (Å²) in [5, 5.41) is 9.68. The van der Waals surface area contributed by atoms with Crippen LogP contribution in [-0.2, 0) is 9.53 Å². The van der Waals surface area contributed by atoms with Gasteiger partial charge in [-0.2, -0.15) is 0 Å². The number of hydrogen-bond acceptors (Lipinski definition) is 3. The normalized spacial score (nSPS) is 28.9. The molecule has 80 valence electrons. The first-order chi connectivity index (χ1) is 7.03. The van der Waals surface area contributed by atoms with Crippen LogP contribution in [-0.4, -0.2) is 17.2 Å². The third kappa shape index (κ3) is 1.53. The van der Waals surface area contributed by atoms with Crippen molar-refractivity contribution < 1.29 is 14.6 Å². The quantitative estimate of drug-likeness (QED) is 0.711. The fraction of sp³-hybridized carbons (Fsp3) is 0.417. The third-order valence-corrected chi connectivity index (χ3v) is 2.94. The van der Waals surface area contributed by atoms with E-state index in [1.165, 1.54) is 0 Å². The fourth-order valence-corrected chi connectivity index (χ4v) is 1.91. The second-order valence-electron chi connectivity index (χ2n) is 4.45. The Morgan fingerprint density at radius 1 is 1.27 bits per heavy atom. The molecule has 1 N–H and O–H groups in total. The van der Waals surface area contributed by atoms with Gasteiger partial charge in [-0.25, -0.2) is 4.79 Å². The van der Waals surface area contributed by atoms with Crippen LogP contribution >= 0.6 is 0 Å². The monoisotopic (exact) mass is 206 g/mol. The zero-order valence-electron chi connectivity index (χ0n) is 8.81. The van der Waals surface area contributed by atoms with Gasteiger partial charge in [-0.05, 0) is 5.56 Å². The van der Waals surface area contributed by atoms with E-state index in [-0.39, 0.29) is 6.10 Å². The third-order valence-electron chi connectivity index (χ3n) is 2.94. The first kappa shape index (κ1) is 10.2. The van der Waals surface area contributed by atoms with Crippen LogP contribution in [0.5, 0.6) is 0 Å². The summed E-state index contributed by atoms with van der Waals surface area (Å²) in [4.78, 5) is 11.3. The van der Waals surface area contributed by atoms with Crippen molar-refractivity contribution in [3.8, 4) is 0 Å². The number of carbonyl (C=O) groups excluding carboxylic acids is 1. The Morgan fingerprint density at radius 3 is 2.33 bits per heavy atom. The molecule has 0 amide bonds. The topological polar surface area (TPSA) is 46.5 Å². The molecule has 3 heteroatoms. The largest absolute Gasteiger partial charge is 0.455 e. The van der Waals surface area contributed by atoms with Crippen LogP contribution in [0, 0.1) is 5.41 Å². The van der Waals surface area contributed by atoms with Crippen molar-refractivity contribution in [2.75, 3.05) is 0 Å². The molecule has 1 aromatic carbocycles. The van der Waals surface area contributed by atoms with Crippen molar-refractivity contribution in [1.29, 1.82) is 0 Å². The Balaban J connectivity index is 2.36. The second kappa shape index (κ2) is 3.35. The smallest absolute Gasteiger partial charge is 0.336 e. The highest BCUT2D eigenvalue weighted by Gasteiger charge is 2.50. The zero-order valence-corrected chi connectivity index (χ0v) is 8.81. The molecule has 1 aliphatic rings. The number of benzene rings is 1. The lowest BCUT2D eigenvalue weighted by molar-refractivity contribution is -0.147. The number of rotatable bonds is 1. The zero-order chi connectivity index (χ0) is 11.1. The average Bonchev–Trinajstić information content (AvgIpc) is 2.43. The number of aliphatic hydroxyl groups is 1. The molecule has 1 aliphatic heterocycles. The predicted octanol–water partition coefficient (Wildman–Crippen LogP) is 1.67. The summed E-state index contributed by atoms with van der Waals surface area (Å²) < 4.78 is 5.19. The maximum Gasteiger partial charge on any atom is 0.336 e. The van der Waals surface area contributed by atoms with Gasteiger partial charge >= 0.3 is 5.97 Å². The molecule has 0 unspecified atom stereocenters. The van der Waals surface area contributed by atoms with Gasteiger partial charge in [0, 0.05) is 5.41 Å². The van der Waals surface area contributed by atoms with Gasteiger partial charge in [-0.3, -0.25) is 0 Å². The van der Waals surface area contributed by atoms with E-state index in [2.05, 4.69) is 0 Å². The van der Waals surface area contributed by atoms with E-state index in [0.717, 1.165) is 5.56 Å². The molecule has 1 aromatic rings. The van der Waals surface area contributed by atoms with Gasteiger partial charge in [-0.1, -0.05) is 44.2 Å². The van der Waals surface area contributed by atoms with Crippen LogP contribution in [0.25, 0.3) is 0 Å². The molecule has 0 aromatic heterocycles. The SMILES string of the molecule is CC1(C)[C@H](O)C(=O)O[C@@H]1c1ccccc1. The van der Waals surface area contributed by atoms with Crippen LogP contribution < -0.4 is 0 Å². The molecule has 0 saturated carbocycles. The highest BCUT2D eigenvalue weighted by molar-refractivity contribution is 5.78. The Morgan fingerprint density at radius 2 is 1.87 bits per heavy atom. The Bertz CT molecular complexity index is 370. The van der Waals surface area contributed by atoms with E-state index in [0.29, 0.717) is 0 Å². The van der Waals surface area contributed by atoms with Crippen molar-refractivity contribution in [3.63, 3.8) is 0 Å².